The Morgan fingerprint density at radius 2 is 1.64 bits per heavy atom. The molecule has 0 bridgehead atoms. The van der Waals surface area contributed by atoms with E-state index in [1.165, 1.54) is 12.1 Å². The van der Waals surface area contributed by atoms with Crippen molar-refractivity contribution in [1.29, 1.82) is 0 Å². The molecule has 9 nitrogen and oxygen atoms in total. The molecule has 28 heavy (non-hydrogen) atoms. The number of imide groups is 1. The summed E-state index contributed by atoms with van der Waals surface area (Å²) in [6.07, 6.45) is -0.801. The molecule has 1 heterocycles. The van der Waals surface area contributed by atoms with Crippen molar-refractivity contribution in [2.24, 2.45) is 5.73 Å². The average molecular weight is 455 g/mol. The van der Waals surface area contributed by atoms with Crippen molar-refractivity contribution in [3.8, 4) is 0 Å². The van der Waals surface area contributed by atoms with Crippen LogP contribution in [-0.2, 0) is 14.4 Å². The van der Waals surface area contributed by atoms with Crippen molar-refractivity contribution in [3.63, 3.8) is 0 Å². The van der Waals surface area contributed by atoms with Crippen LogP contribution in [0.15, 0.2) is 24.3 Å². The number of nitrogens with zero attached hydrogens (tertiary/aromatic N) is 1. The van der Waals surface area contributed by atoms with Gasteiger partial charge in [-0.15, -0.1) is 0 Å². The quantitative estimate of drug-likeness (QED) is 0.339. The Hall–Kier alpha value is -2.55. The number of Topliss-reactive ketones (excluding diaryl/α,β-unsaturated/α-hetero) is 1. The van der Waals surface area contributed by atoms with Crippen LogP contribution < -0.4 is 5.73 Å². The topological polar surface area (TPSA) is 155 Å². The van der Waals surface area contributed by atoms with E-state index in [2.05, 4.69) is 0 Å². The van der Waals surface area contributed by atoms with Crippen molar-refractivity contribution >= 4 is 44.5 Å². The first-order chi connectivity index (χ1) is 13.2. The molecule has 3 atom stereocenters. The van der Waals surface area contributed by atoms with E-state index < -0.39 is 52.9 Å². The van der Waals surface area contributed by atoms with Crippen LogP contribution in [0, 0.1) is 0 Å². The summed E-state index contributed by atoms with van der Waals surface area (Å²) in [6, 6.07) is 3.57. The van der Waals surface area contributed by atoms with E-state index in [1.807, 2.05) is 0 Å². The second kappa shape index (κ2) is 9.09. The number of hydrogen-bond acceptors (Lipinski definition) is 6. The van der Waals surface area contributed by atoms with Gasteiger partial charge in [-0.3, -0.25) is 0 Å². The van der Waals surface area contributed by atoms with Crippen LogP contribution in [0.5, 0.6) is 0 Å². The summed E-state index contributed by atoms with van der Waals surface area (Å²) >= 11 is -0.357. The van der Waals surface area contributed by atoms with Gasteiger partial charge in [-0.2, -0.15) is 0 Å². The number of nitrogens with two attached hydrogens (primary N) is 1. The summed E-state index contributed by atoms with van der Waals surface area (Å²) in [5.74, 6) is -2.56. The molecule has 0 saturated carbocycles. The van der Waals surface area contributed by atoms with Gasteiger partial charge in [0.2, 0.25) is 0 Å². The minimum absolute atomic E-state index is 0.141. The maximum absolute atomic E-state index is 13.1. The standard InChI is InChI=1S/C18H20N2O7Se/c1-28-13(8-11(19)18(26)27)15(23)12(6-7-14(21)22)20-16(24)9-4-2-3-5-10(9)17(20)25/h2-5,11-13H,6-8,19H2,1H3,(H,21,22)(H,26,27)/t11-,12-,13?/m0/s1. The Morgan fingerprint density at radius 3 is 2.07 bits per heavy atom. The first-order valence-electron chi connectivity index (χ1n) is 8.42. The summed E-state index contributed by atoms with van der Waals surface area (Å²) in [5.41, 5.74) is 5.85. The van der Waals surface area contributed by atoms with E-state index >= 15 is 0 Å². The number of fused-ring (bicyclic) bond motifs is 1. The van der Waals surface area contributed by atoms with Gasteiger partial charge in [0.25, 0.3) is 0 Å². The molecule has 1 aromatic carbocycles. The van der Waals surface area contributed by atoms with Crippen molar-refractivity contribution in [2.75, 3.05) is 0 Å². The molecule has 0 fully saturated rings. The fraction of sp³-hybridized carbons (Fsp3) is 0.389. The molecule has 2 rings (SSSR count). The number of aliphatic carboxylic acids is 2. The Labute approximate surface area is 167 Å². The number of carboxylic acids is 2. The van der Waals surface area contributed by atoms with Crippen LogP contribution >= 0.6 is 0 Å². The number of carbonyl (C=O) groups is 5. The molecule has 10 heteroatoms. The molecular formula is C18H20N2O7Se. The Bertz CT molecular complexity index is 791. The van der Waals surface area contributed by atoms with Gasteiger partial charge in [0.1, 0.15) is 0 Å². The van der Waals surface area contributed by atoms with Gasteiger partial charge in [0, 0.05) is 0 Å². The summed E-state index contributed by atoms with van der Waals surface area (Å²) in [7, 11) is 0. The summed E-state index contributed by atoms with van der Waals surface area (Å²) in [4.78, 5) is 60.7. The van der Waals surface area contributed by atoms with Gasteiger partial charge in [-0.1, -0.05) is 0 Å². The van der Waals surface area contributed by atoms with Crippen LogP contribution in [0.3, 0.4) is 0 Å². The average Bonchev–Trinajstić information content (AvgIpc) is 2.91. The van der Waals surface area contributed by atoms with E-state index in [0.717, 1.165) is 4.90 Å². The number of ketones is 1. The molecule has 0 radical (unpaired) electrons. The molecular weight excluding hydrogens is 435 g/mol. The molecule has 1 aliphatic rings. The third kappa shape index (κ3) is 4.46. The normalized spacial score (nSPS) is 16.4. The molecule has 1 unspecified atom stereocenters. The predicted octanol–water partition coefficient (Wildman–Crippen LogP) is 0.428. The van der Waals surface area contributed by atoms with Crippen LogP contribution in [0.4, 0.5) is 0 Å². The zero-order valence-electron chi connectivity index (χ0n) is 15.0. The van der Waals surface area contributed by atoms with Crippen molar-refractivity contribution < 1.29 is 34.2 Å². The zero-order valence-corrected chi connectivity index (χ0v) is 16.7. The van der Waals surface area contributed by atoms with Gasteiger partial charge in [0.05, 0.1) is 0 Å². The molecule has 150 valence electrons. The molecule has 4 N–H and O–H groups in total. The van der Waals surface area contributed by atoms with Crippen LogP contribution in [0.2, 0.25) is 10.6 Å². The van der Waals surface area contributed by atoms with Crippen LogP contribution in [-0.4, -0.2) is 71.7 Å². The van der Waals surface area contributed by atoms with Crippen molar-refractivity contribution in [3.05, 3.63) is 35.4 Å². The third-order valence-corrected chi connectivity index (χ3v) is 6.57. The second-order valence-corrected chi connectivity index (χ2v) is 8.46. The molecule has 1 aromatic rings. The number of benzene rings is 1. The van der Waals surface area contributed by atoms with Crippen molar-refractivity contribution in [1.82, 2.24) is 4.90 Å². The molecule has 0 spiro atoms. The van der Waals surface area contributed by atoms with E-state index in [-0.39, 0.29) is 38.9 Å². The molecule has 2 amide bonds. The van der Waals surface area contributed by atoms with E-state index in [0.29, 0.717) is 0 Å². The number of hydrogen-bond donors (Lipinski definition) is 3. The number of rotatable bonds is 10. The predicted molar refractivity (Wildman–Crippen MR) is 98.2 cm³/mol. The first kappa shape index (κ1) is 21.7. The van der Waals surface area contributed by atoms with Crippen LogP contribution in [0.25, 0.3) is 0 Å². The maximum atomic E-state index is 13.1. The third-order valence-electron chi connectivity index (χ3n) is 4.48. The summed E-state index contributed by atoms with van der Waals surface area (Å²) in [6.45, 7) is 0. The number of carboxylic acid groups (broad SMARTS) is 2. The second-order valence-electron chi connectivity index (χ2n) is 6.28. The van der Waals surface area contributed by atoms with Crippen molar-refractivity contribution in [2.45, 2.75) is 42.0 Å². The van der Waals surface area contributed by atoms with Gasteiger partial charge in [-0.25, -0.2) is 0 Å². The SMILES string of the molecule is C[Se]C(C[C@H](N)C(=O)O)C(=O)[C@H](CCC(=O)O)N1C(=O)c2ccccc2C1=O. The Kier molecular flexibility index (Phi) is 7.06. The first-order valence-corrected chi connectivity index (χ1v) is 11.1. The van der Waals surface area contributed by atoms with Gasteiger partial charge < -0.3 is 0 Å². The minimum atomic E-state index is -1.28. The van der Waals surface area contributed by atoms with Gasteiger partial charge >= 0.3 is 167 Å². The Morgan fingerprint density at radius 1 is 1.11 bits per heavy atom. The zero-order chi connectivity index (χ0) is 21.0. The monoisotopic (exact) mass is 456 g/mol. The molecule has 0 aliphatic carbocycles. The summed E-state index contributed by atoms with van der Waals surface area (Å²) in [5, 5.41) is 18.0. The molecule has 0 aromatic heterocycles. The molecule has 1 aliphatic heterocycles. The Balaban J connectivity index is 2.35. The molecule has 0 saturated heterocycles. The number of amides is 2. The van der Waals surface area contributed by atoms with Crippen LogP contribution in [0.1, 0.15) is 40.0 Å². The fourth-order valence-electron chi connectivity index (χ4n) is 3.02. The summed E-state index contributed by atoms with van der Waals surface area (Å²) < 4.78 is 0. The van der Waals surface area contributed by atoms with E-state index in [4.69, 9.17) is 15.9 Å². The van der Waals surface area contributed by atoms with E-state index in [1.54, 1.807) is 18.0 Å². The fourth-order valence-corrected chi connectivity index (χ4v) is 4.68. The van der Waals surface area contributed by atoms with Gasteiger partial charge in [-0.05, 0) is 0 Å². The van der Waals surface area contributed by atoms with E-state index in [9.17, 15) is 24.0 Å². The number of carbonyl (C=O) groups excluding carboxylic acids is 3. The van der Waals surface area contributed by atoms with Gasteiger partial charge in [0.15, 0.2) is 0 Å².